The summed E-state index contributed by atoms with van der Waals surface area (Å²) in [5.74, 6) is -0.340. The van der Waals surface area contributed by atoms with Gasteiger partial charge in [-0.25, -0.2) is 4.79 Å². The second-order valence-electron chi connectivity index (χ2n) is 5.77. The molecule has 0 unspecified atom stereocenters. The van der Waals surface area contributed by atoms with Crippen molar-refractivity contribution in [3.8, 4) is 5.75 Å². The Balaban J connectivity index is 1.88. The van der Waals surface area contributed by atoms with Crippen molar-refractivity contribution < 1.29 is 19.1 Å². The van der Waals surface area contributed by atoms with E-state index in [-0.39, 0.29) is 12.7 Å². The molecule has 0 heterocycles. The molecule has 2 rings (SSSR count). The molecule has 0 spiro atoms. The summed E-state index contributed by atoms with van der Waals surface area (Å²) in [6.07, 6.45) is 0.0523. The van der Waals surface area contributed by atoms with Crippen molar-refractivity contribution in [1.29, 1.82) is 0 Å². The highest BCUT2D eigenvalue weighted by atomic mass is 35.5. The van der Waals surface area contributed by atoms with E-state index in [2.05, 4.69) is 5.32 Å². The van der Waals surface area contributed by atoms with Crippen molar-refractivity contribution in [3.05, 3.63) is 58.6 Å². The molecule has 0 bridgehead atoms. The number of nitrogens with one attached hydrogen (secondary N) is 1. The van der Waals surface area contributed by atoms with Gasteiger partial charge in [-0.05, 0) is 62.7 Å². The van der Waals surface area contributed by atoms with Gasteiger partial charge in [0.25, 0.3) is 5.91 Å². The number of esters is 1. The normalized spacial score (nSPS) is 10.4. The van der Waals surface area contributed by atoms with Crippen molar-refractivity contribution >= 4 is 29.2 Å². The third-order valence-corrected chi connectivity index (χ3v) is 3.50. The molecule has 1 amide bonds. The van der Waals surface area contributed by atoms with Crippen molar-refractivity contribution in [3.63, 3.8) is 0 Å². The molecule has 25 heavy (non-hydrogen) atoms. The van der Waals surface area contributed by atoms with Crippen molar-refractivity contribution in [2.75, 3.05) is 11.9 Å². The Morgan fingerprint density at radius 1 is 1.12 bits per heavy atom. The van der Waals surface area contributed by atoms with E-state index in [9.17, 15) is 9.59 Å². The molecule has 0 saturated heterocycles. The molecule has 0 atom stereocenters. The number of halogens is 1. The maximum atomic E-state index is 12.0. The molecule has 2 aromatic carbocycles. The molecule has 132 valence electrons. The van der Waals surface area contributed by atoms with Crippen molar-refractivity contribution in [2.45, 2.75) is 26.9 Å². The predicted molar refractivity (Wildman–Crippen MR) is 97.3 cm³/mol. The maximum Gasteiger partial charge on any atom is 0.338 e. The third kappa shape index (κ3) is 5.80. The van der Waals surface area contributed by atoms with Gasteiger partial charge in [0.15, 0.2) is 6.61 Å². The van der Waals surface area contributed by atoms with Gasteiger partial charge in [-0.2, -0.15) is 0 Å². The summed E-state index contributed by atoms with van der Waals surface area (Å²) in [6.45, 7) is 5.30. The fourth-order valence-electron chi connectivity index (χ4n) is 2.07. The second kappa shape index (κ2) is 8.53. The average Bonchev–Trinajstić information content (AvgIpc) is 2.56. The molecule has 1 N–H and O–H groups in total. The zero-order chi connectivity index (χ0) is 18.4. The number of amides is 1. The van der Waals surface area contributed by atoms with Crippen LogP contribution in [0, 0.1) is 6.92 Å². The van der Waals surface area contributed by atoms with Crippen LogP contribution in [-0.2, 0) is 9.53 Å². The van der Waals surface area contributed by atoms with Crippen molar-refractivity contribution in [2.24, 2.45) is 0 Å². The third-order valence-electron chi connectivity index (χ3n) is 3.27. The summed E-state index contributed by atoms with van der Waals surface area (Å²) < 4.78 is 10.5. The van der Waals surface area contributed by atoms with E-state index in [1.165, 1.54) is 0 Å². The van der Waals surface area contributed by atoms with Gasteiger partial charge in [-0.15, -0.1) is 0 Å². The van der Waals surface area contributed by atoms with Crippen LogP contribution in [0.4, 0.5) is 5.69 Å². The molecule has 0 fully saturated rings. The highest BCUT2D eigenvalue weighted by Crippen LogP contribution is 2.20. The first-order valence-corrected chi connectivity index (χ1v) is 8.23. The quantitative estimate of drug-likeness (QED) is 0.782. The Morgan fingerprint density at radius 2 is 1.80 bits per heavy atom. The van der Waals surface area contributed by atoms with Gasteiger partial charge in [0.1, 0.15) is 5.75 Å². The van der Waals surface area contributed by atoms with Crippen LogP contribution in [0.1, 0.15) is 29.8 Å². The van der Waals surface area contributed by atoms with Crippen LogP contribution in [-0.4, -0.2) is 24.6 Å². The molecular weight excluding hydrogens is 342 g/mol. The van der Waals surface area contributed by atoms with E-state index in [1.807, 2.05) is 20.8 Å². The summed E-state index contributed by atoms with van der Waals surface area (Å²) in [7, 11) is 0. The van der Waals surface area contributed by atoms with Crippen LogP contribution < -0.4 is 10.1 Å². The maximum absolute atomic E-state index is 12.0. The number of rotatable bonds is 6. The lowest BCUT2D eigenvalue weighted by Crippen LogP contribution is -2.21. The standard InChI is InChI=1S/C19H20ClNO4/c1-12(2)25-16-8-5-14(6-9-16)19(23)24-11-18(22)21-17-10-15(20)7-4-13(17)3/h4-10,12H,11H2,1-3H3,(H,21,22). The minimum atomic E-state index is -0.575. The molecular formula is C19H20ClNO4. The molecule has 2 aromatic rings. The summed E-state index contributed by atoms with van der Waals surface area (Å²) in [6, 6.07) is 11.7. The smallest absolute Gasteiger partial charge is 0.338 e. The van der Waals surface area contributed by atoms with Crippen LogP contribution in [0.3, 0.4) is 0 Å². The molecule has 6 heteroatoms. The summed E-state index contributed by atoms with van der Waals surface area (Å²) in [5, 5.41) is 3.18. The number of hydrogen-bond donors (Lipinski definition) is 1. The van der Waals surface area contributed by atoms with Gasteiger partial charge in [-0.3, -0.25) is 4.79 Å². The second-order valence-corrected chi connectivity index (χ2v) is 6.21. The lowest BCUT2D eigenvalue weighted by atomic mass is 10.2. The van der Waals surface area contributed by atoms with Gasteiger partial charge >= 0.3 is 5.97 Å². The van der Waals surface area contributed by atoms with Gasteiger partial charge in [0, 0.05) is 10.7 Å². The number of hydrogen-bond acceptors (Lipinski definition) is 4. The molecule has 0 radical (unpaired) electrons. The van der Waals surface area contributed by atoms with Crippen LogP contribution in [0.25, 0.3) is 0 Å². The van der Waals surface area contributed by atoms with Gasteiger partial charge in [-0.1, -0.05) is 17.7 Å². The number of anilines is 1. The Labute approximate surface area is 151 Å². The van der Waals surface area contributed by atoms with E-state index in [0.717, 1.165) is 5.56 Å². The zero-order valence-corrected chi connectivity index (χ0v) is 15.1. The summed E-state index contributed by atoms with van der Waals surface area (Å²) in [5.41, 5.74) is 1.80. The van der Waals surface area contributed by atoms with E-state index in [1.54, 1.807) is 42.5 Å². The SMILES string of the molecule is Cc1ccc(Cl)cc1NC(=O)COC(=O)c1ccc(OC(C)C)cc1. The number of carbonyl (C=O) groups is 2. The monoisotopic (exact) mass is 361 g/mol. The van der Waals surface area contributed by atoms with Crippen LogP contribution in [0.5, 0.6) is 5.75 Å². The minimum absolute atomic E-state index is 0.0523. The predicted octanol–water partition coefficient (Wildman–Crippen LogP) is 4.23. The number of aryl methyl sites for hydroxylation is 1. The van der Waals surface area contributed by atoms with Crippen LogP contribution >= 0.6 is 11.6 Å². The summed E-state index contributed by atoms with van der Waals surface area (Å²) >= 11 is 5.91. The summed E-state index contributed by atoms with van der Waals surface area (Å²) in [4.78, 5) is 23.9. The first-order chi connectivity index (χ1) is 11.8. The Bertz CT molecular complexity index is 757. The zero-order valence-electron chi connectivity index (χ0n) is 14.3. The van der Waals surface area contributed by atoms with Gasteiger partial charge in [0.05, 0.1) is 11.7 Å². The first kappa shape index (κ1) is 18.8. The fourth-order valence-corrected chi connectivity index (χ4v) is 2.24. The Morgan fingerprint density at radius 3 is 2.44 bits per heavy atom. The van der Waals surface area contributed by atoms with Crippen LogP contribution in [0.15, 0.2) is 42.5 Å². The van der Waals surface area contributed by atoms with E-state index < -0.39 is 11.9 Å². The van der Waals surface area contributed by atoms with Crippen molar-refractivity contribution in [1.82, 2.24) is 0 Å². The number of carbonyl (C=O) groups excluding carboxylic acids is 2. The highest BCUT2D eigenvalue weighted by molar-refractivity contribution is 6.31. The molecule has 0 aromatic heterocycles. The molecule has 0 saturated carbocycles. The fraction of sp³-hybridized carbons (Fsp3) is 0.263. The Hall–Kier alpha value is -2.53. The Kier molecular flexibility index (Phi) is 6.42. The highest BCUT2D eigenvalue weighted by Gasteiger charge is 2.12. The average molecular weight is 362 g/mol. The first-order valence-electron chi connectivity index (χ1n) is 7.85. The lowest BCUT2D eigenvalue weighted by Gasteiger charge is -2.11. The lowest BCUT2D eigenvalue weighted by molar-refractivity contribution is -0.119. The molecule has 0 aliphatic rings. The van der Waals surface area contributed by atoms with E-state index >= 15 is 0 Å². The van der Waals surface area contributed by atoms with E-state index in [4.69, 9.17) is 21.1 Å². The largest absolute Gasteiger partial charge is 0.491 e. The van der Waals surface area contributed by atoms with Gasteiger partial charge in [0.2, 0.25) is 0 Å². The van der Waals surface area contributed by atoms with E-state index in [0.29, 0.717) is 22.0 Å². The number of ether oxygens (including phenoxy) is 2. The molecule has 0 aliphatic carbocycles. The topological polar surface area (TPSA) is 64.6 Å². The van der Waals surface area contributed by atoms with Crippen LogP contribution in [0.2, 0.25) is 5.02 Å². The molecule has 5 nitrogen and oxygen atoms in total. The van der Waals surface area contributed by atoms with Gasteiger partial charge < -0.3 is 14.8 Å². The molecule has 0 aliphatic heterocycles. The minimum Gasteiger partial charge on any atom is -0.491 e. The number of benzene rings is 2.